The Morgan fingerprint density at radius 1 is 1.28 bits per heavy atom. The molecule has 4 rings (SSSR count). The zero-order chi connectivity index (χ0) is 17.2. The number of nitrogens with one attached hydrogen (secondary N) is 1. The molecule has 1 aromatic heterocycles. The number of hydrogen-bond donors (Lipinski definition) is 1. The van der Waals surface area contributed by atoms with Crippen LogP contribution in [0.2, 0.25) is 0 Å². The van der Waals surface area contributed by atoms with Crippen LogP contribution >= 0.6 is 0 Å². The Labute approximate surface area is 148 Å². The molecule has 3 heterocycles. The fourth-order valence-corrected chi connectivity index (χ4v) is 4.03. The van der Waals surface area contributed by atoms with Crippen molar-refractivity contribution in [2.24, 2.45) is 5.92 Å². The summed E-state index contributed by atoms with van der Waals surface area (Å²) in [6, 6.07) is 8.54. The Hall–Kier alpha value is -2.14. The summed E-state index contributed by atoms with van der Waals surface area (Å²) in [5.41, 5.74) is 4.87. The minimum Gasteiger partial charge on any atom is -0.381 e. The van der Waals surface area contributed by atoms with Crippen LogP contribution in [0.25, 0.3) is 11.1 Å². The normalized spacial score (nSPS) is 21.6. The molecule has 1 aromatic carbocycles. The fraction of sp³-hybridized carbons (Fsp3) is 0.500. The van der Waals surface area contributed by atoms with Gasteiger partial charge in [-0.05, 0) is 31.7 Å². The topological polar surface area (TPSA) is 58.2 Å². The van der Waals surface area contributed by atoms with E-state index < -0.39 is 0 Å². The lowest BCUT2D eigenvalue weighted by Gasteiger charge is -2.33. The van der Waals surface area contributed by atoms with Crippen LogP contribution in [0.4, 0.5) is 0 Å². The zero-order valence-corrected chi connectivity index (χ0v) is 14.7. The molecule has 1 amide bonds. The van der Waals surface area contributed by atoms with Crippen LogP contribution < -0.4 is 0 Å². The molecule has 0 bridgehead atoms. The first-order chi connectivity index (χ1) is 12.2. The van der Waals surface area contributed by atoms with Gasteiger partial charge in [0, 0.05) is 36.9 Å². The molecule has 2 aliphatic rings. The number of carbonyl (C=O) groups excluding carboxylic acids is 1. The van der Waals surface area contributed by atoms with Gasteiger partial charge < -0.3 is 9.64 Å². The summed E-state index contributed by atoms with van der Waals surface area (Å²) < 4.78 is 5.36. The molecule has 0 radical (unpaired) electrons. The highest BCUT2D eigenvalue weighted by molar-refractivity contribution is 5.79. The summed E-state index contributed by atoms with van der Waals surface area (Å²) in [6.45, 7) is 5.08. The van der Waals surface area contributed by atoms with Crippen molar-refractivity contribution in [3.05, 3.63) is 41.7 Å². The van der Waals surface area contributed by atoms with Gasteiger partial charge in [0.1, 0.15) is 0 Å². The predicted molar refractivity (Wildman–Crippen MR) is 96.2 cm³/mol. The van der Waals surface area contributed by atoms with E-state index in [1.165, 1.54) is 22.4 Å². The number of aromatic nitrogens is 2. The number of likely N-dealkylation sites (tertiary alicyclic amines) is 1. The van der Waals surface area contributed by atoms with Crippen molar-refractivity contribution in [2.75, 3.05) is 26.3 Å². The second-order valence-electron chi connectivity index (χ2n) is 7.23. The number of rotatable bonds is 3. The highest BCUT2D eigenvalue weighted by Crippen LogP contribution is 2.34. The van der Waals surface area contributed by atoms with E-state index in [1.807, 2.05) is 11.1 Å². The molecule has 5 heteroatoms. The van der Waals surface area contributed by atoms with Crippen LogP contribution in [0.5, 0.6) is 0 Å². The highest BCUT2D eigenvalue weighted by Gasteiger charge is 2.32. The third kappa shape index (κ3) is 3.33. The summed E-state index contributed by atoms with van der Waals surface area (Å²) in [7, 11) is 0. The summed E-state index contributed by atoms with van der Waals surface area (Å²) in [4.78, 5) is 14.6. The van der Waals surface area contributed by atoms with Crippen LogP contribution in [0.15, 0.2) is 30.5 Å². The molecule has 1 atom stereocenters. The number of piperidine rings is 1. The Morgan fingerprint density at radius 2 is 2.12 bits per heavy atom. The first kappa shape index (κ1) is 16.3. The molecule has 0 aliphatic carbocycles. The zero-order valence-electron chi connectivity index (χ0n) is 14.7. The second-order valence-corrected chi connectivity index (χ2v) is 7.23. The van der Waals surface area contributed by atoms with Crippen LogP contribution in [0, 0.1) is 12.8 Å². The van der Waals surface area contributed by atoms with Crippen molar-refractivity contribution in [3.63, 3.8) is 0 Å². The maximum absolute atomic E-state index is 12.5. The Bertz CT molecular complexity index is 741. The van der Waals surface area contributed by atoms with Gasteiger partial charge >= 0.3 is 0 Å². The summed E-state index contributed by atoms with van der Waals surface area (Å²) in [6.07, 6.45) is 4.77. The van der Waals surface area contributed by atoms with Gasteiger partial charge in [0.2, 0.25) is 5.91 Å². The SMILES string of the molecule is Cc1cccc(-c2cn[nH]c2C2CCN(C(=O)[C@@H]3CCOC3)CC2)c1. The lowest BCUT2D eigenvalue weighted by atomic mass is 9.89. The molecular weight excluding hydrogens is 314 g/mol. The van der Waals surface area contributed by atoms with E-state index in [0.717, 1.165) is 39.0 Å². The average Bonchev–Trinajstić information content (AvgIpc) is 3.33. The Morgan fingerprint density at radius 3 is 2.84 bits per heavy atom. The smallest absolute Gasteiger partial charge is 0.228 e. The van der Waals surface area contributed by atoms with Crippen molar-refractivity contribution in [1.29, 1.82) is 0 Å². The summed E-state index contributed by atoms with van der Waals surface area (Å²) >= 11 is 0. The number of H-pyrrole nitrogens is 1. The van der Waals surface area contributed by atoms with Gasteiger partial charge in [-0.3, -0.25) is 9.89 Å². The van der Waals surface area contributed by atoms with Gasteiger partial charge in [-0.15, -0.1) is 0 Å². The molecule has 2 aromatic rings. The molecule has 5 nitrogen and oxygen atoms in total. The van der Waals surface area contributed by atoms with Crippen molar-refractivity contribution in [1.82, 2.24) is 15.1 Å². The Balaban J connectivity index is 1.45. The molecule has 132 valence electrons. The maximum Gasteiger partial charge on any atom is 0.228 e. The predicted octanol–water partition coefficient (Wildman–Crippen LogP) is 3.13. The number of amides is 1. The number of nitrogens with zero attached hydrogens (tertiary/aromatic N) is 2. The minimum atomic E-state index is 0.0755. The van der Waals surface area contributed by atoms with E-state index in [1.54, 1.807) is 0 Å². The number of aryl methyl sites for hydroxylation is 1. The highest BCUT2D eigenvalue weighted by atomic mass is 16.5. The Kier molecular flexibility index (Phi) is 4.57. The molecular formula is C20H25N3O2. The van der Waals surface area contributed by atoms with Crippen LogP contribution in [-0.4, -0.2) is 47.3 Å². The van der Waals surface area contributed by atoms with E-state index >= 15 is 0 Å². The second kappa shape index (κ2) is 7.00. The molecule has 0 spiro atoms. The third-order valence-electron chi connectivity index (χ3n) is 5.49. The molecule has 25 heavy (non-hydrogen) atoms. The molecule has 0 unspecified atom stereocenters. The first-order valence-corrected chi connectivity index (χ1v) is 9.19. The molecule has 2 aliphatic heterocycles. The molecule has 1 N–H and O–H groups in total. The maximum atomic E-state index is 12.5. The van der Waals surface area contributed by atoms with Gasteiger partial charge in [-0.25, -0.2) is 0 Å². The van der Waals surface area contributed by atoms with Gasteiger partial charge in [0.05, 0.1) is 18.7 Å². The number of benzene rings is 1. The average molecular weight is 339 g/mol. The number of hydrogen-bond acceptors (Lipinski definition) is 3. The van der Waals surface area contributed by atoms with Crippen molar-refractivity contribution >= 4 is 5.91 Å². The van der Waals surface area contributed by atoms with E-state index in [-0.39, 0.29) is 11.8 Å². The molecule has 2 fully saturated rings. The minimum absolute atomic E-state index is 0.0755. The number of ether oxygens (including phenoxy) is 1. The van der Waals surface area contributed by atoms with E-state index in [0.29, 0.717) is 12.5 Å². The van der Waals surface area contributed by atoms with Crippen LogP contribution in [-0.2, 0) is 9.53 Å². The van der Waals surface area contributed by atoms with Gasteiger partial charge in [0.25, 0.3) is 0 Å². The van der Waals surface area contributed by atoms with Gasteiger partial charge in [-0.2, -0.15) is 5.10 Å². The number of carbonyl (C=O) groups is 1. The van der Waals surface area contributed by atoms with Crippen molar-refractivity contribution in [3.8, 4) is 11.1 Å². The van der Waals surface area contributed by atoms with Gasteiger partial charge in [-0.1, -0.05) is 29.8 Å². The molecule has 0 saturated carbocycles. The number of aromatic amines is 1. The monoisotopic (exact) mass is 339 g/mol. The first-order valence-electron chi connectivity index (χ1n) is 9.19. The largest absolute Gasteiger partial charge is 0.381 e. The lowest BCUT2D eigenvalue weighted by molar-refractivity contribution is -0.136. The third-order valence-corrected chi connectivity index (χ3v) is 5.49. The standard InChI is InChI=1S/C20H25N3O2/c1-14-3-2-4-16(11-14)18-12-21-22-19(18)15-5-8-23(9-6-15)20(24)17-7-10-25-13-17/h2-4,11-12,15,17H,5-10,13H2,1H3,(H,21,22)/t17-/m1/s1. The van der Waals surface area contributed by atoms with Crippen molar-refractivity contribution < 1.29 is 9.53 Å². The summed E-state index contributed by atoms with van der Waals surface area (Å²) in [5, 5.41) is 7.52. The molecule has 2 saturated heterocycles. The van der Waals surface area contributed by atoms with Crippen molar-refractivity contribution in [2.45, 2.75) is 32.1 Å². The van der Waals surface area contributed by atoms with E-state index in [2.05, 4.69) is 41.4 Å². The quantitative estimate of drug-likeness (QED) is 0.935. The van der Waals surface area contributed by atoms with Crippen LogP contribution in [0.3, 0.4) is 0 Å². The van der Waals surface area contributed by atoms with Crippen LogP contribution in [0.1, 0.15) is 36.4 Å². The van der Waals surface area contributed by atoms with E-state index in [4.69, 9.17) is 4.74 Å². The van der Waals surface area contributed by atoms with Gasteiger partial charge in [0.15, 0.2) is 0 Å². The van der Waals surface area contributed by atoms with E-state index in [9.17, 15) is 4.79 Å². The lowest BCUT2D eigenvalue weighted by Crippen LogP contribution is -2.41. The fourth-order valence-electron chi connectivity index (χ4n) is 4.03. The summed E-state index contributed by atoms with van der Waals surface area (Å²) in [5.74, 6) is 0.785.